The molecule has 0 unspecified atom stereocenters. The van der Waals surface area contributed by atoms with Crippen LogP contribution in [0, 0.1) is 0 Å². The average Bonchev–Trinajstić information content (AvgIpc) is 2.66. The molecule has 126 valence electrons. The Hall–Kier alpha value is -3.41. The van der Waals surface area contributed by atoms with Crippen molar-refractivity contribution in [2.24, 2.45) is 0 Å². The quantitative estimate of drug-likeness (QED) is 0.677. The summed E-state index contributed by atoms with van der Waals surface area (Å²) in [4.78, 5) is 28.1. The third-order valence-electron chi connectivity index (χ3n) is 3.56. The van der Waals surface area contributed by atoms with E-state index in [-0.39, 0.29) is 11.3 Å². The van der Waals surface area contributed by atoms with Crippen LogP contribution in [0.5, 0.6) is 11.5 Å². The van der Waals surface area contributed by atoms with Gasteiger partial charge in [0, 0.05) is 5.39 Å². The van der Waals surface area contributed by atoms with Crippen molar-refractivity contribution in [1.82, 2.24) is 4.98 Å². The number of hydrogen-bond donors (Lipinski definition) is 0. The molecule has 25 heavy (non-hydrogen) atoms. The Balaban J connectivity index is 2.11. The highest BCUT2D eigenvalue weighted by atomic mass is 16.5. The molecule has 6 nitrogen and oxygen atoms in total. The molecule has 0 fully saturated rings. The predicted molar refractivity (Wildman–Crippen MR) is 90.9 cm³/mol. The molecule has 3 aromatic rings. The third-order valence-corrected chi connectivity index (χ3v) is 3.56. The molecule has 0 aliphatic carbocycles. The Morgan fingerprint density at radius 3 is 2.24 bits per heavy atom. The van der Waals surface area contributed by atoms with E-state index in [4.69, 9.17) is 9.47 Å². The van der Waals surface area contributed by atoms with Crippen LogP contribution in [-0.4, -0.2) is 31.1 Å². The number of nitrogens with zero attached hydrogens (tertiary/aromatic N) is 1. The number of benzene rings is 2. The first-order valence-corrected chi connectivity index (χ1v) is 7.46. The van der Waals surface area contributed by atoms with Gasteiger partial charge in [-0.05, 0) is 36.4 Å². The second-order valence-electron chi connectivity index (χ2n) is 5.13. The van der Waals surface area contributed by atoms with E-state index in [1.165, 1.54) is 20.3 Å². The fourth-order valence-electron chi connectivity index (χ4n) is 2.38. The molecule has 1 heterocycles. The minimum absolute atomic E-state index is 0.0344. The van der Waals surface area contributed by atoms with Gasteiger partial charge in [-0.1, -0.05) is 18.2 Å². The smallest absolute Gasteiger partial charge is 0.356 e. The molecule has 0 N–H and O–H groups in total. The molecule has 3 rings (SSSR count). The Bertz CT molecular complexity index is 937. The minimum Gasteiger partial charge on any atom is -0.465 e. The van der Waals surface area contributed by atoms with Gasteiger partial charge in [0.1, 0.15) is 17.2 Å². The molecular weight excluding hydrogens is 322 g/mol. The molecule has 0 radical (unpaired) electrons. The third kappa shape index (κ3) is 3.42. The maximum absolute atomic E-state index is 12.1. The number of aromatic nitrogens is 1. The van der Waals surface area contributed by atoms with E-state index in [0.717, 1.165) is 0 Å². The zero-order valence-corrected chi connectivity index (χ0v) is 13.7. The predicted octanol–water partition coefficient (Wildman–Crippen LogP) is 3.60. The van der Waals surface area contributed by atoms with Gasteiger partial charge in [0.25, 0.3) is 0 Å². The van der Waals surface area contributed by atoms with Gasteiger partial charge in [-0.2, -0.15) is 0 Å². The summed E-state index contributed by atoms with van der Waals surface area (Å²) < 4.78 is 15.3. The Kier molecular flexibility index (Phi) is 4.61. The minimum atomic E-state index is -0.628. The molecular formula is C19H15NO5. The van der Waals surface area contributed by atoms with Gasteiger partial charge in [-0.3, -0.25) is 0 Å². The van der Waals surface area contributed by atoms with Crippen LogP contribution in [0.4, 0.5) is 0 Å². The topological polar surface area (TPSA) is 74.7 Å². The number of pyridine rings is 1. The summed E-state index contributed by atoms with van der Waals surface area (Å²) in [6.45, 7) is 0. The number of esters is 2. The van der Waals surface area contributed by atoms with Crippen molar-refractivity contribution >= 4 is 22.8 Å². The summed E-state index contributed by atoms with van der Waals surface area (Å²) in [7, 11) is 2.53. The zero-order valence-electron chi connectivity index (χ0n) is 13.7. The van der Waals surface area contributed by atoms with E-state index in [9.17, 15) is 9.59 Å². The van der Waals surface area contributed by atoms with Crippen LogP contribution < -0.4 is 4.74 Å². The monoisotopic (exact) mass is 337 g/mol. The molecule has 2 aromatic carbocycles. The first kappa shape index (κ1) is 16.4. The second-order valence-corrected chi connectivity index (χ2v) is 5.13. The molecule has 0 bridgehead atoms. The Morgan fingerprint density at radius 2 is 1.56 bits per heavy atom. The number of carbonyl (C=O) groups excluding carboxylic acids is 2. The number of methoxy groups -OCH3 is 2. The van der Waals surface area contributed by atoms with E-state index < -0.39 is 11.9 Å². The Labute approximate surface area is 144 Å². The van der Waals surface area contributed by atoms with Crippen molar-refractivity contribution in [3.05, 3.63) is 65.9 Å². The van der Waals surface area contributed by atoms with Gasteiger partial charge in [0.15, 0.2) is 0 Å². The van der Waals surface area contributed by atoms with Crippen LogP contribution in [0.3, 0.4) is 0 Å². The van der Waals surface area contributed by atoms with E-state index in [2.05, 4.69) is 9.72 Å². The molecule has 0 amide bonds. The summed E-state index contributed by atoms with van der Waals surface area (Å²) in [5.41, 5.74) is 0.710. The highest BCUT2D eigenvalue weighted by Crippen LogP contribution is 2.28. The van der Waals surface area contributed by atoms with E-state index in [1.54, 1.807) is 18.2 Å². The van der Waals surface area contributed by atoms with E-state index >= 15 is 0 Å². The second kappa shape index (κ2) is 7.00. The highest BCUT2D eigenvalue weighted by Gasteiger charge is 2.18. The van der Waals surface area contributed by atoms with Crippen LogP contribution in [0.25, 0.3) is 10.9 Å². The van der Waals surface area contributed by atoms with Crippen LogP contribution in [-0.2, 0) is 9.47 Å². The van der Waals surface area contributed by atoms with Gasteiger partial charge in [0.05, 0.1) is 25.3 Å². The van der Waals surface area contributed by atoms with Crippen molar-refractivity contribution < 1.29 is 23.8 Å². The van der Waals surface area contributed by atoms with Crippen molar-refractivity contribution in [2.75, 3.05) is 14.2 Å². The van der Waals surface area contributed by atoms with Gasteiger partial charge in [-0.25, -0.2) is 14.6 Å². The first-order valence-electron chi connectivity index (χ1n) is 7.46. The number of fused-ring (bicyclic) bond motifs is 1. The van der Waals surface area contributed by atoms with Crippen LogP contribution in [0.15, 0.2) is 54.6 Å². The normalized spacial score (nSPS) is 10.3. The number of carbonyl (C=O) groups is 2. The molecule has 0 aliphatic heterocycles. The largest absolute Gasteiger partial charge is 0.465 e. The van der Waals surface area contributed by atoms with Crippen molar-refractivity contribution in [1.29, 1.82) is 0 Å². The zero-order chi connectivity index (χ0) is 17.8. The van der Waals surface area contributed by atoms with Gasteiger partial charge >= 0.3 is 11.9 Å². The van der Waals surface area contributed by atoms with Gasteiger partial charge in [0.2, 0.25) is 0 Å². The summed E-state index contributed by atoms with van der Waals surface area (Å²) in [5.74, 6) is 0.00292. The van der Waals surface area contributed by atoms with Gasteiger partial charge in [-0.15, -0.1) is 0 Å². The molecule has 0 saturated carbocycles. The molecule has 1 aromatic heterocycles. The lowest BCUT2D eigenvalue weighted by atomic mass is 10.1. The number of hydrogen-bond acceptors (Lipinski definition) is 6. The number of ether oxygens (including phenoxy) is 3. The van der Waals surface area contributed by atoms with Crippen molar-refractivity contribution in [2.45, 2.75) is 0 Å². The van der Waals surface area contributed by atoms with Gasteiger partial charge < -0.3 is 14.2 Å². The summed E-state index contributed by atoms with van der Waals surface area (Å²) in [5, 5.41) is 0.521. The lowest BCUT2D eigenvalue weighted by molar-refractivity contribution is 0.0594. The fourth-order valence-corrected chi connectivity index (χ4v) is 2.38. The number of rotatable bonds is 4. The number of para-hydroxylation sites is 1. The van der Waals surface area contributed by atoms with Crippen LogP contribution in [0.1, 0.15) is 20.8 Å². The maximum atomic E-state index is 12.1. The lowest BCUT2D eigenvalue weighted by Crippen LogP contribution is -2.09. The first-order chi connectivity index (χ1) is 12.1. The highest BCUT2D eigenvalue weighted by molar-refractivity contribution is 6.06. The summed E-state index contributed by atoms with van der Waals surface area (Å²) in [6, 6.07) is 15.7. The Morgan fingerprint density at radius 1 is 0.840 bits per heavy atom. The van der Waals surface area contributed by atoms with E-state index in [1.807, 2.05) is 30.3 Å². The van der Waals surface area contributed by atoms with Crippen molar-refractivity contribution in [3.63, 3.8) is 0 Å². The van der Waals surface area contributed by atoms with E-state index in [0.29, 0.717) is 22.4 Å². The molecule has 0 aliphatic rings. The standard InChI is InChI=1S/C19H15NO5/c1-23-18(21)15-11-17(19(22)24-2)20-16-9-8-13(10-14(15)16)25-12-6-4-3-5-7-12/h3-11H,1-2H3. The lowest BCUT2D eigenvalue weighted by Gasteiger charge is -2.10. The molecule has 0 saturated heterocycles. The summed E-state index contributed by atoms with van der Waals surface area (Å²) >= 11 is 0. The summed E-state index contributed by atoms with van der Waals surface area (Å²) in [6.07, 6.45) is 0. The van der Waals surface area contributed by atoms with Crippen LogP contribution in [0.2, 0.25) is 0 Å². The molecule has 0 atom stereocenters. The fraction of sp³-hybridized carbons (Fsp3) is 0.105. The molecule has 6 heteroatoms. The SMILES string of the molecule is COC(=O)c1cc(C(=O)OC)c2cc(Oc3ccccc3)ccc2n1. The molecule has 0 spiro atoms. The van der Waals surface area contributed by atoms with Crippen molar-refractivity contribution in [3.8, 4) is 11.5 Å². The maximum Gasteiger partial charge on any atom is 0.356 e. The van der Waals surface area contributed by atoms with Crippen LogP contribution >= 0.6 is 0 Å². The average molecular weight is 337 g/mol.